The number of nitrogens with zero attached hydrogens (tertiary/aromatic N) is 3. The van der Waals surface area contributed by atoms with Crippen molar-refractivity contribution in [1.29, 1.82) is 0 Å². The maximum Gasteiger partial charge on any atom is 0.256 e. The van der Waals surface area contributed by atoms with Crippen LogP contribution in [0.15, 0.2) is 55.0 Å². The van der Waals surface area contributed by atoms with Crippen LogP contribution in [0.5, 0.6) is 0 Å². The van der Waals surface area contributed by atoms with Crippen LogP contribution in [0, 0.1) is 5.82 Å². The number of para-hydroxylation sites is 1. The summed E-state index contributed by atoms with van der Waals surface area (Å²) in [5.74, 6) is -0.402. The summed E-state index contributed by atoms with van der Waals surface area (Å²) in [6.07, 6.45) is 4.23. The Hall–Kier alpha value is -2.93. The van der Waals surface area contributed by atoms with E-state index in [1.807, 2.05) is 0 Å². The molecule has 0 saturated carbocycles. The molecule has 6 nitrogen and oxygen atoms in total. The van der Waals surface area contributed by atoms with Gasteiger partial charge in [-0.3, -0.25) is 4.79 Å². The number of benzene rings is 1. The van der Waals surface area contributed by atoms with Crippen LogP contribution in [0.25, 0.3) is 11.5 Å². The van der Waals surface area contributed by atoms with Crippen LogP contribution in [0.2, 0.25) is 0 Å². The van der Waals surface area contributed by atoms with Crippen molar-refractivity contribution in [3.63, 3.8) is 0 Å². The molecule has 0 bridgehead atoms. The summed E-state index contributed by atoms with van der Waals surface area (Å²) in [4.78, 5) is 12.4. The van der Waals surface area contributed by atoms with Crippen LogP contribution in [-0.4, -0.2) is 38.0 Å². The van der Waals surface area contributed by atoms with Crippen LogP contribution in [-0.2, 0) is 0 Å². The molecule has 0 spiro atoms. The minimum atomic E-state index is -0.661. The molecule has 0 aliphatic heterocycles. The first-order valence-electron chi connectivity index (χ1n) is 7.50. The van der Waals surface area contributed by atoms with Crippen molar-refractivity contribution in [2.75, 3.05) is 6.54 Å². The molecule has 1 amide bonds. The third kappa shape index (κ3) is 3.07. The molecule has 0 aliphatic rings. The SMILES string of the molecule is CC(O)CNC(=O)c1cnn(-c2ccccc2F)c1-n1cccc1. The third-order valence-electron chi connectivity index (χ3n) is 3.48. The number of rotatable bonds is 5. The molecule has 3 rings (SSSR count). The van der Waals surface area contributed by atoms with Gasteiger partial charge in [-0.15, -0.1) is 0 Å². The summed E-state index contributed by atoms with van der Waals surface area (Å²) in [5.41, 5.74) is 0.533. The van der Waals surface area contributed by atoms with E-state index >= 15 is 0 Å². The lowest BCUT2D eigenvalue weighted by Crippen LogP contribution is -2.31. The maximum atomic E-state index is 14.2. The first-order valence-corrected chi connectivity index (χ1v) is 7.50. The number of carbonyl (C=O) groups excluding carboxylic acids is 1. The molecule has 1 unspecified atom stereocenters. The van der Waals surface area contributed by atoms with E-state index in [1.54, 1.807) is 54.2 Å². The Labute approximate surface area is 138 Å². The zero-order valence-corrected chi connectivity index (χ0v) is 13.1. The van der Waals surface area contributed by atoms with Gasteiger partial charge in [0.15, 0.2) is 5.82 Å². The Kier molecular flexibility index (Phi) is 4.43. The molecule has 7 heteroatoms. The number of nitrogens with one attached hydrogen (secondary N) is 1. The van der Waals surface area contributed by atoms with Gasteiger partial charge in [-0.1, -0.05) is 12.1 Å². The van der Waals surface area contributed by atoms with E-state index in [-0.39, 0.29) is 23.7 Å². The highest BCUT2D eigenvalue weighted by Gasteiger charge is 2.21. The molecule has 2 N–H and O–H groups in total. The maximum absolute atomic E-state index is 14.2. The molecule has 0 radical (unpaired) electrons. The number of carbonyl (C=O) groups is 1. The van der Waals surface area contributed by atoms with Crippen molar-refractivity contribution in [2.24, 2.45) is 0 Å². The number of hydrogen-bond acceptors (Lipinski definition) is 3. The van der Waals surface area contributed by atoms with Gasteiger partial charge < -0.3 is 15.0 Å². The largest absolute Gasteiger partial charge is 0.392 e. The average Bonchev–Trinajstić information content (AvgIpc) is 3.21. The Morgan fingerprint density at radius 1 is 1.29 bits per heavy atom. The fourth-order valence-electron chi connectivity index (χ4n) is 2.36. The van der Waals surface area contributed by atoms with E-state index in [0.29, 0.717) is 5.82 Å². The van der Waals surface area contributed by atoms with Crippen molar-refractivity contribution in [1.82, 2.24) is 19.7 Å². The summed E-state index contributed by atoms with van der Waals surface area (Å²) in [6.45, 7) is 1.70. The van der Waals surface area contributed by atoms with E-state index < -0.39 is 11.9 Å². The molecule has 0 fully saturated rings. The summed E-state index contributed by atoms with van der Waals surface area (Å²) in [6, 6.07) is 9.82. The lowest BCUT2D eigenvalue weighted by Gasteiger charge is -2.12. The molecule has 2 aromatic heterocycles. The van der Waals surface area contributed by atoms with Crippen molar-refractivity contribution in [3.05, 3.63) is 66.4 Å². The normalized spacial score (nSPS) is 12.1. The van der Waals surface area contributed by atoms with Gasteiger partial charge >= 0.3 is 0 Å². The highest BCUT2D eigenvalue weighted by molar-refractivity contribution is 5.97. The van der Waals surface area contributed by atoms with Gasteiger partial charge in [0.25, 0.3) is 5.91 Å². The van der Waals surface area contributed by atoms with Crippen molar-refractivity contribution < 1.29 is 14.3 Å². The number of hydrogen-bond donors (Lipinski definition) is 2. The monoisotopic (exact) mass is 328 g/mol. The Bertz CT molecular complexity index is 840. The van der Waals surface area contributed by atoms with Crippen LogP contribution in [0.3, 0.4) is 0 Å². The molecule has 0 aliphatic carbocycles. The zero-order chi connectivity index (χ0) is 17.1. The molecule has 3 aromatic rings. The molecule has 0 saturated heterocycles. The summed E-state index contributed by atoms with van der Waals surface area (Å²) in [7, 11) is 0. The Morgan fingerprint density at radius 3 is 2.67 bits per heavy atom. The molecule has 124 valence electrons. The van der Waals surface area contributed by atoms with Crippen molar-refractivity contribution in [3.8, 4) is 11.5 Å². The van der Waals surface area contributed by atoms with Gasteiger partial charge in [-0.25, -0.2) is 9.07 Å². The standard InChI is InChI=1S/C17H17FN4O2/c1-12(23)10-19-16(24)13-11-20-22(15-7-3-2-6-14(15)18)17(13)21-8-4-5-9-21/h2-9,11-12,23H,10H2,1H3,(H,19,24). The smallest absolute Gasteiger partial charge is 0.256 e. The molecule has 24 heavy (non-hydrogen) atoms. The number of amides is 1. The fraction of sp³-hybridized carbons (Fsp3) is 0.176. The van der Waals surface area contributed by atoms with E-state index in [1.165, 1.54) is 16.9 Å². The Balaban J connectivity index is 2.08. The van der Waals surface area contributed by atoms with E-state index in [2.05, 4.69) is 10.4 Å². The molecule has 1 aromatic carbocycles. The zero-order valence-electron chi connectivity index (χ0n) is 13.1. The summed E-state index contributed by atoms with van der Waals surface area (Å²) in [5, 5.41) is 16.1. The third-order valence-corrected chi connectivity index (χ3v) is 3.48. The van der Waals surface area contributed by atoms with Crippen molar-refractivity contribution in [2.45, 2.75) is 13.0 Å². The van der Waals surface area contributed by atoms with Crippen LogP contribution < -0.4 is 5.32 Å². The Morgan fingerprint density at radius 2 is 2.00 bits per heavy atom. The highest BCUT2D eigenvalue weighted by atomic mass is 19.1. The van der Waals surface area contributed by atoms with Gasteiger partial charge in [0, 0.05) is 18.9 Å². The van der Waals surface area contributed by atoms with Gasteiger partial charge in [0.1, 0.15) is 17.1 Å². The van der Waals surface area contributed by atoms with Crippen LogP contribution >= 0.6 is 0 Å². The van der Waals surface area contributed by atoms with E-state index in [4.69, 9.17) is 0 Å². The minimum absolute atomic E-state index is 0.120. The lowest BCUT2D eigenvalue weighted by molar-refractivity contribution is 0.0924. The fourth-order valence-corrected chi connectivity index (χ4v) is 2.36. The summed E-state index contributed by atoms with van der Waals surface area (Å²) >= 11 is 0. The predicted molar refractivity (Wildman–Crippen MR) is 86.9 cm³/mol. The number of aliphatic hydroxyl groups is 1. The van der Waals surface area contributed by atoms with Gasteiger partial charge in [0.05, 0.1) is 12.3 Å². The van der Waals surface area contributed by atoms with E-state index in [9.17, 15) is 14.3 Å². The second-order valence-electron chi connectivity index (χ2n) is 5.39. The van der Waals surface area contributed by atoms with Crippen LogP contribution in [0.1, 0.15) is 17.3 Å². The van der Waals surface area contributed by atoms with E-state index in [0.717, 1.165) is 0 Å². The quantitative estimate of drug-likeness (QED) is 0.751. The number of halogens is 1. The average molecular weight is 328 g/mol. The number of aliphatic hydroxyl groups excluding tert-OH is 1. The molecular weight excluding hydrogens is 311 g/mol. The first-order chi connectivity index (χ1) is 11.6. The van der Waals surface area contributed by atoms with Gasteiger partial charge in [0.2, 0.25) is 0 Å². The second kappa shape index (κ2) is 6.67. The molecule has 1 atom stereocenters. The summed E-state index contributed by atoms with van der Waals surface area (Å²) < 4.78 is 17.2. The second-order valence-corrected chi connectivity index (χ2v) is 5.39. The molecule has 2 heterocycles. The first kappa shape index (κ1) is 15.9. The van der Waals surface area contributed by atoms with Crippen LogP contribution in [0.4, 0.5) is 4.39 Å². The highest BCUT2D eigenvalue weighted by Crippen LogP contribution is 2.21. The van der Waals surface area contributed by atoms with Gasteiger partial charge in [-0.05, 0) is 31.2 Å². The topological polar surface area (TPSA) is 72.1 Å². The predicted octanol–water partition coefficient (Wildman–Crippen LogP) is 1.91. The molecular formula is C17H17FN4O2. The minimum Gasteiger partial charge on any atom is -0.392 e. The van der Waals surface area contributed by atoms with Gasteiger partial charge in [-0.2, -0.15) is 5.10 Å². The lowest BCUT2D eigenvalue weighted by atomic mass is 10.2. The van der Waals surface area contributed by atoms with Crippen molar-refractivity contribution >= 4 is 5.91 Å². The number of aromatic nitrogens is 3.